The Morgan fingerprint density at radius 2 is 1.40 bits per heavy atom. The largest absolute Gasteiger partial charge is 0.325 e. The van der Waals surface area contributed by atoms with Gasteiger partial charge in [0.25, 0.3) is 20.0 Å². The van der Waals surface area contributed by atoms with Gasteiger partial charge in [-0.2, -0.15) is 0 Å². The lowest BCUT2D eigenvalue weighted by molar-refractivity contribution is -0.114. The quantitative estimate of drug-likeness (QED) is 0.249. The number of benzene rings is 4. The van der Waals surface area contributed by atoms with Crippen molar-refractivity contribution in [1.82, 2.24) is 0 Å². The number of para-hydroxylation sites is 1. The molecule has 0 heterocycles. The minimum absolute atomic E-state index is 0.0114. The van der Waals surface area contributed by atoms with Crippen molar-refractivity contribution in [2.24, 2.45) is 0 Å². The van der Waals surface area contributed by atoms with Crippen LogP contribution in [0.15, 0.2) is 101 Å². The van der Waals surface area contributed by atoms with Crippen molar-refractivity contribution in [3.63, 3.8) is 0 Å². The first-order valence-corrected chi connectivity index (χ1v) is 15.5. The number of nitrogens with zero attached hydrogens (tertiary/aromatic N) is 1. The Morgan fingerprint density at radius 3 is 2.02 bits per heavy atom. The fourth-order valence-electron chi connectivity index (χ4n) is 4.06. The zero-order valence-electron chi connectivity index (χ0n) is 22.1. The Morgan fingerprint density at radius 1 is 0.775 bits per heavy atom. The van der Waals surface area contributed by atoms with Crippen LogP contribution in [0.5, 0.6) is 0 Å². The average Bonchev–Trinajstić information content (AvgIpc) is 2.90. The van der Waals surface area contributed by atoms with Crippen molar-refractivity contribution in [3.8, 4) is 0 Å². The van der Waals surface area contributed by atoms with Gasteiger partial charge in [-0.25, -0.2) is 16.8 Å². The van der Waals surface area contributed by atoms with Crippen molar-refractivity contribution in [2.45, 2.75) is 30.6 Å². The van der Waals surface area contributed by atoms with E-state index in [1.807, 2.05) is 26.0 Å². The summed E-state index contributed by atoms with van der Waals surface area (Å²) < 4.78 is 56.5. The monoisotopic (exact) mass is 597 g/mol. The van der Waals surface area contributed by atoms with Crippen LogP contribution in [-0.2, 0) is 24.8 Å². The second-order valence-corrected chi connectivity index (χ2v) is 13.2. The number of anilines is 3. The third-order valence-electron chi connectivity index (χ3n) is 6.15. The number of amides is 1. The van der Waals surface area contributed by atoms with Crippen LogP contribution < -0.4 is 14.3 Å². The number of sulfonamides is 2. The molecule has 1 amide bonds. The van der Waals surface area contributed by atoms with Crippen molar-refractivity contribution in [2.75, 3.05) is 20.9 Å². The molecule has 0 aromatic heterocycles. The summed E-state index contributed by atoms with van der Waals surface area (Å²) in [6, 6.07) is 23.6. The van der Waals surface area contributed by atoms with Crippen LogP contribution in [-0.4, -0.2) is 29.3 Å². The lowest BCUT2D eigenvalue weighted by Crippen LogP contribution is -2.38. The molecule has 11 heteroatoms. The minimum atomic E-state index is -4.12. The third-order valence-corrected chi connectivity index (χ3v) is 9.55. The molecule has 0 aliphatic heterocycles. The van der Waals surface area contributed by atoms with Gasteiger partial charge in [-0.3, -0.25) is 13.8 Å². The lowest BCUT2D eigenvalue weighted by atomic mass is 10.1. The van der Waals surface area contributed by atoms with Crippen LogP contribution in [0.1, 0.15) is 16.7 Å². The van der Waals surface area contributed by atoms with E-state index in [-0.39, 0.29) is 9.79 Å². The molecule has 0 atom stereocenters. The molecule has 0 saturated heterocycles. The summed E-state index contributed by atoms with van der Waals surface area (Å²) in [6.45, 7) is 4.98. The van der Waals surface area contributed by atoms with E-state index >= 15 is 0 Å². The maximum atomic E-state index is 13.6. The first-order valence-electron chi connectivity index (χ1n) is 12.2. The Balaban J connectivity index is 1.54. The van der Waals surface area contributed by atoms with E-state index in [1.54, 1.807) is 37.3 Å². The van der Waals surface area contributed by atoms with Gasteiger partial charge in [0.1, 0.15) is 6.54 Å². The van der Waals surface area contributed by atoms with Gasteiger partial charge >= 0.3 is 0 Å². The van der Waals surface area contributed by atoms with Crippen LogP contribution in [0.2, 0.25) is 5.02 Å². The predicted octanol–water partition coefficient (Wildman–Crippen LogP) is 5.90. The molecule has 8 nitrogen and oxygen atoms in total. The van der Waals surface area contributed by atoms with Gasteiger partial charge in [0, 0.05) is 10.7 Å². The first kappa shape index (κ1) is 29.1. The number of nitrogens with one attached hydrogen (secondary N) is 2. The number of rotatable bonds is 9. The molecule has 0 unspecified atom stereocenters. The normalized spacial score (nSPS) is 11.6. The summed E-state index contributed by atoms with van der Waals surface area (Å²) in [4.78, 5) is 13.1. The molecule has 2 N–H and O–H groups in total. The Bertz CT molecular complexity index is 1760. The molecule has 0 aliphatic rings. The highest BCUT2D eigenvalue weighted by molar-refractivity contribution is 7.93. The Hall–Kier alpha value is -3.86. The summed E-state index contributed by atoms with van der Waals surface area (Å²) in [5.41, 5.74) is 3.61. The van der Waals surface area contributed by atoms with Gasteiger partial charge in [-0.1, -0.05) is 47.5 Å². The summed E-state index contributed by atoms with van der Waals surface area (Å²) in [5.74, 6) is -0.607. The summed E-state index contributed by atoms with van der Waals surface area (Å²) in [5, 5.41) is 3.04. The second kappa shape index (κ2) is 11.7. The van der Waals surface area contributed by atoms with Gasteiger partial charge in [0.15, 0.2) is 0 Å². The van der Waals surface area contributed by atoms with Crippen molar-refractivity contribution in [1.29, 1.82) is 0 Å². The van der Waals surface area contributed by atoms with Gasteiger partial charge in [-0.05, 0) is 92.6 Å². The van der Waals surface area contributed by atoms with Crippen LogP contribution in [0.4, 0.5) is 17.1 Å². The number of hydrogen-bond donors (Lipinski definition) is 2. The van der Waals surface area contributed by atoms with E-state index < -0.39 is 32.5 Å². The molecular formula is C29H28ClN3O5S2. The Kier molecular flexibility index (Phi) is 8.53. The molecule has 0 bridgehead atoms. The van der Waals surface area contributed by atoms with Gasteiger partial charge in [0.2, 0.25) is 5.91 Å². The fraction of sp³-hybridized carbons (Fsp3) is 0.138. The summed E-state index contributed by atoms with van der Waals surface area (Å²) >= 11 is 5.94. The van der Waals surface area contributed by atoms with Gasteiger partial charge in [-0.15, -0.1) is 0 Å². The van der Waals surface area contributed by atoms with Crippen molar-refractivity contribution < 1.29 is 21.6 Å². The van der Waals surface area contributed by atoms with Gasteiger partial charge in [0.05, 0.1) is 21.2 Å². The highest BCUT2D eigenvalue weighted by Gasteiger charge is 2.28. The van der Waals surface area contributed by atoms with Crippen LogP contribution in [0.25, 0.3) is 0 Å². The zero-order valence-corrected chi connectivity index (χ0v) is 24.4. The number of carbonyl (C=O) groups is 1. The maximum Gasteiger partial charge on any atom is 0.264 e. The van der Waals surface area contributed by atoms with Gasteiger partial charge < -0.3 is 5.32 Å². The summed E-state index contributed by atoms with van der Waals surface area (Å²) in [7, 11) is -7.98. The molecule has 40 heavy (non-hydrogen) atoms. The smallest absolute Gasteiger partial charge is 0.264 e. The predicted molar refractivity (Wildman–Crippen MR) is 159 cm³/mol. The first-order chi connectivity index (χ1) is 18.9. The van der Waals surface area contributed by atoms with E-state index in [0.29, 0.717) is 27.6 Å². The van der Waals surface area contributed by atoms with E-state index in [0.717, 1.165) is 15.4 Å². The zero-order chi connectivity index (χ0) is 29.1. The fourth-order valence-corrected chi connectivity index (χ4v) is 6.80. The third kappa shape index (κ3) is 6.64. The lowest BCUT2D eigenvalue weighted by Gasteiger charge is -2.25. The van der Waals surface area contributed by atoms with Crippen LogP contribution in [0, 0.1) is 20.8 Å². The average molecular weight is 598 g/mol. The molecule has 0 radical (unpaired) electrons. The molecule has 0 saturated carbocycles. The molecule has 4 aromatic rings. The van der Waals surface area contributed by atoms with E-state index in [2.05, 4.69) is 10.0 Å². The summed E-state index contributed by atoms with van der Waals surface area (Å²) in [6.07, 6.45) is 0. The second-order valence-electron chi connectivity index (χ2n) is 9.25. The Labute approximate surface area is 239 Å². The van der Waals surface area contributed by atoms with Crippen molar-refractivity contribution >= 4 is 54.6 Å². The molecule has 4 rings (SSSR count). The molecule has 4 aromatic carbocycles. The highest BCUT2D eigenvalue weighted by Crippen LogP contribution is 2.28. The molecule has 208 valence electrons. The van der Waals surface area contributed by atoms with E-state index in [9.17, 15) is 21.6 Å². The standard InChI is InChI=1S/C29H28ClN3O5S2/c1-20-8-17-27(22(3)18-20)32-39(35,36)25-15-11-24(12-16-25)31-29(34)19-33(28-7-5-4-6-21(28)2)40(37,38)26-13-9-23(30)10-14-26/h4-18,32H,19H2,1-3H3,(H,31,34). The van der Waals surface area contributed by atoms with E-state index in [4.69, 9.17) is 11.6 Å². The SMILES string of the molecule is Cc1ccc(NS(=O)(=O)c2ccc(NC(=O)CN(c3ccccc3C)S(=O)(=O)c3ccc(Cl)cc3)cc2)c(C)c1. The topological polar surface area (TPSA) is 113 Å². The molecular weight excluding hydrogens is 570 g/mol. The van der Waals surface area contributed by atoms with E-state index in [1.165, 1.54) is 48.5 Å². The van der Waals surface area contributed by atoms with Crippen LogP contribution in [0.3, 0.4) is 0 Å². The number of halogens is 1. The number of hydrogen-bond acceptors (Lipinski definition) is 5. The molecule has 0 spiro atoms. The number of carbonyl (C=O) groups excluding carboxylic acids is 1. The molecule has 0 fully saturated rings. The maximum absolute atomic E-state index is 13.6. The van der Waals surface area contributed by atoms with Crippen LogP contribution >= 0.6 is 11.6 Å². The highest BCUT2D eigenvalue weighted by atomic mass is 35.5. The number of aryl methyl sites for hydroxylation is 3. The van der Waals surface area contributed by atoms with Crippen molar-refractivity contribution in [3.05, 3.63) is 113 Å². The minimum Gasteiger partial charge on any atom is -0.325 e. The molecule has 0 aliphatic carbocycles.